The highest BCUT2D eigenvalue weighted by Crippen LogP contribution is 2.37. The Morgan fingerprint density at radius 3 is 2.70 bits per heavy atom. The fraction of sp³-hybridized carbons (Fsp3) is 0.389. The lowest BCUT2D eigenvalue weighted by molar-refractivity contribution is 0.0948. The molecule has 1 heterocycles. The highest BCUT2D eigenvalue weighted by Gasteiger charge is 2.40. The van der Waals surface area contributed by atoms with Crippen LogP contribution in [0.1, 0.15) is 36.3 Å². The number of carbonyl (C=O) groups is 1. The van der Waals surface area contributed by atoms with E-state index in [9.17, 15) is 4.79 Å². The van der Waals surface area contributed by atoms with Gasteiger partial charge in [0.2, 0.25) is 0 Å². The molecule has 0 aliphatic heterocycles. The molecule has 5 nitrogen and oxygen atoms in total. The van der Waals surface area contributed by atoms with Gasteiger partial charge in [-0.05, 0) is 55.5 Å². The summed E-state index contributed by atoms with van der Waals surface area (Å²) in [5.41, 5.74) is 2.35. The number of anilines is 2. The molecular weight excluding hydrogens is 288 g/mol. The lowest BCUT2D eigenvalue weighted by Gasteiger charge is -2.09. The van der Waals surface area contributed by atoms with E-state index in [1.54, 1.807) is 0 Å². The van der Waals surface area contributed by atoms with Crippen LogP contribution in [0.25, 0.3) is 0 Å². The molecule has 1 aliphatic rings. The van der Waals surface area contributed by atoms with Crippen LogP contribution in [-0.2, 0) is 0 Å². The number of hydrogen-bond donors (Lipinski definition) is 2. The first-order chi connectivity index (χ1) is 11.0. The Morgan fingerprint density at radius 2 is 2.04 bits per heavy atom. The van der Waals surface area contributed by atoms with E-state index in [2.05, 4.69) is 34.7 Å². The second kappa shape index (κ2) is 6.36. The van der Waals surface area contributed by atoms with E-state index >= 15 is 0 Å². The molecule has 5 heteroatoms. The van der Waals surface area contributed by atoms with E-state index in [4.69, 9.17) is 0 Å². The van der Waals surface area contributed by atoms with Gasteiger partial charge in [0.05, 0.1) is 5.69 Å². The van der Waals surface area contributed by atoms with Crippen molar-refractivity contribution in [2.24, 2.45) is 11.8 Å². The lowest BCUT2D eigenvalue weighted by Crippen LogP contribution is -2.27. The number of carbonyl (C=O) groups excluding carboxylic acids is 1. The number of hydrogen-bond acceptors (Lipinski definition) is 4. The number of benzene rings is 1. The van der Waals surface area contributed by atoms with Crippen molar-refractivity contribution in [3.8, 4) is 0 Å². The zero-order chi connectivity index (χ0) is 16.4. The molecule has 0 spiro atoms. The number of nitrogens with zero attached hydrogens (tertiary/aromatic N) is 2. The Hall–Kier alpha value is -2.43. The van der Waals surface area contributed by atoms with Crippen molar-refractivity contribution in [1.82, 2.24) is 15.5 Å². The van der Waals surface area contributed by atoms with E-state index < -0.39 is 0 Å². The van der Waals surface area contributed by atoms with Gasteiger partial charge in [0.15, 0.2) is 5.82 Å². The van der Waals surface area contributed by atoms with Crippen LogP contribution in [0, 0.1) is 18.8 Å². The topological polar surface area (TPSA) is 66.9 Å². The summed E-state index contributed by atoms with van der Waals surface area (Å²) in [5.74, 6) is 1.88. The number of nitrogens with one attached hydrogen (secondary N) is 2. The Bertz CT molecular complexity index is 696. The van der Waals surface area contributed by atoms with Crippen molar-refractivity contribution in [3.63, 3.8) is 0 Å². The first kappa shape index (κ1) is 15.5. The van der Waals surface area contributed by atoms with Gasteiger partial charge in [-0.15, -0.1) is 5.10 Å². The Balaban J connectivity index is 1.65. The molecule has 2 N–H and O–H groups in total. The fourth-order valence-electron chi connectivity index (χ4n) is 2.72. The minimum atomic E-state index is -0.0169. The van der Waals surface area contributed by atoms with Gasteiger partial charge in [0.1, 0.15) is 0 Å². The summed E-state index contributed by atoms with van der Waals surface area (Å²) in [4.78, 5) is 12.3. The quantitative estimate of drug-likeness (QED) is 0.889. The average Bonchev–Trinajstić information content (AvgIpc) is 3.29. The van der Waals surface area contributed by atoms with Crippen molar-refractivity contribution in [2.45, 2.75) is 33.2 Å². The van der Waals surface area contributed by atoms with Gasteiger partial charge in [-0.25, -0.2) is 0 Å². The smallest absolute Gasteiger partial charge is 0.251 e. The molecule has 1 aromatic carbocycles. The molecule has 0 bridgehead atoms. The minimum Gasteiger partial charge on any atom is -0.349 e. The second-order valence-electron chi connectivity index (χ2n) is 6.49. The zero-order valence-corrected chi connectivity index (χ0v) is 13.7. The second-order valence-corrected chi connectivity index (χ2v) is 6.49. The summed E-state index contributed by atoms with van der Waals surface area (Å²) in [6.45, 7) is 6.29. The maximum Gasteiger partial charge on any atom is 0.251 e. The molecule has 1 aromatic heterocycles. The van der Waals surface area contributed by atoms with Crippen molar-refractivity contribution in [2.75, 3.05) is 5.32 Å². The molecule has 1 fully saturated rings. The fourth-order valence-corrected chi connectivity index (χ4v) is 2.72. The third-order valence-corrected chi connectivity index (χ3v) is 4.21. The molecule has 1 aliphatic carbocycles. The summed E-state index contributed by atoms with van der Waals surface area (Å²) in [6.07, 6.45) is 1.08. The van der Waals surface area contributed by atoms with Crippen molar-refractivity contribution in [3.05, 3.63) is 47.7 Å². The monoisotopic (exact) mass is 310 g/mol. The van der Waals surface area contributed by atoms with E-state index in [-0.39, 0.29) is 5.91 Å². The van der Waals surface area contributed by atoms with Gasteiger partial charge >= 0.3 is 0 Å². The lowest BCUT2D eigenvalue weighted by atomic mass is 10.1. The summed E-state index contributed by atoms with van der Waals surface area (Å²) in [6, 6.07) is 11.5. The number of aryl methyl sites for hydroxylation is 1. The van der Waals surface area contributed by atoms with E-state index in [1.165, 1.54) is 0 Å². The molecule has 0 radical (unpaired) electrons. The molecule has 2 atom stereocenters. The highest BCUT2D eigenvalue weighted by atomic mass is 16.1. The van der Waals surface area contributed by atoms with Gasteiger partial charge in [0, 0.05) is 17.3 Å². The molecule has 23 heavy (non-hydrogen) atoms. The van der Waals surface area contributed by atoms with E-state index in [0.717, 1.165) is 17.8 Å². The highest BCUT2D eigenvalue weighted by molar-refractivity contribution is 5.95. The first-order valence-corrected chi connectivity index (χ1v) is 8.01. The maximum atomic E-state index is 12.3. The normalized spacial score (nSPS) is 19.5. The molecular formula is C18H22N4O. The third kappa shape index (κ3) is 3.86. The van der Waals surface area contributed by atoms with Crippen LogP contribution >= 0.6 is 0 Å². The molecule has 2 aromatic rings. The summed E-state index contributed by atoms with van der Waals surface area (Å²) < 4.78 is 0. The largest absolute Gasteiger partial charge is 0.349 e. The average molecular weight is 310 g/mol. The number of rotatable bonds is 5. The van der Waals surface area contributed by atoms with Crippen LogP contribution in [0.3, 0.4) is 0 Å². The van der Waals surface area contributed by atoms with Crippen LogP contribution in [-0.4, -0.2) is 22.1 Å². The Kier molecular flexibility index (Phi) is 4.28. The van der Waals surface area contributed by atoms with Crippen LogP contribution in [0.2, 0.25) is 0 Å². The Morgan fingerprint density at radius 1 is 1.22 bits per heavy atom. The molecule has 1 amide bonds. The van der Waals surface area contributed by atoms with Crippen LogP contribution in [0.4, 0.5) is 11.5 Å². The zero-order valence-electron chi connectivity index (χ0n) is 13.7. The van der Waals surface area contributed by atoms with E-state index in [0.29, 0.717) is 29.3 Å². The standard InChI is InChI=1S/C18H22N4O/c1-11(2)15-10-16(15)20-18(23)13-5-4-6-14(9-13)19-17-8-7-12(3)21-22-17/h4-9,11,15-16H,10H2,1-3H3,(H,19,22)(H,20,23)/t15-,16+/m0/s1. The first-order valence-electron chi connectivity index (χ1n) is 8.01. The van der Waals surface area contributed by atoms with Gasteiger partial charge in [-0.2, -0.15) is 5.10 Å². The minimum absolute atomic E-state index is 0.0169. The van der Waals surface area contributed by atoms with Gasteiger partial charge in [-0.1, -0.05) is 19.9 Å². The summed E-state index contributed by atoms with van der Waals surface area (Å²) >= 11 is 0. The van der Waals surface area contributed by atoms with Crippen molar-refractivity contribution in [1.29, 1.82) is 0 Å². The SMILES string of the molecule is Cc1ccc(Nc2cccc(C(=O)N[C@@H]3C[C@H]3C(C)C)c2)nn1. The van der Waals surface area contributed by atoms with Crippen LogP contribution in [0.15, 0.2) is 36.4 Å². The van der Waals surface area contributed by atoms with Gasteiger partial charge in [0.25, 0.3) is 5.91 Å². The number of aromatic nitrogens is 2. The van der Waals surface area contributed by atoms with Crippen LogP contribution in [0.5, 0.6) is 0 Å². The van der Waals surface area contributed by atoms with E-state index in [1.807, 2.05) is 43.3 Å². The molecule has 120 valence electrons. The van der Waals surface area contributed by atoms with Gasteiger partial charge < -0.3 is 10.6 Å². The summed E-state index contributed by atoms with van der Waals surface area (Å²) in [5, 5.41) is 14.4. The number of amides is 1. The molecule has 3 rings (SSSR count). The predicted octanol–water partition coefficient (Wildman–Crippen LogP) is 3.30. The van der Waals surface area contributed by atoms with Crippen molar-refractivity contribution >= 4 is 17.4 Å². The molecule has 1 saturated carbocycles. The summed E-state index contributed by atoms with van der Waals surface area (Å²) in [7, 11) is 0. The maximum absolute atomic E-state index is 12.3. The third-order valence-electron chi connectivity index (χ3n) is 4.21. The van der Waals surface area contributed by atoms with Gasteiger partial charge in [-0.3, -0.25) is 4.79 Å². The van der Waals surface area contributed by atoms with Crippen LogP contribution < -0.4 is 10.6 Å². The molecule has 0 saturated heterocycles. The Labute approximate surface area is 136 Å². The predicted molar refractivity (Wildman–Crippen MR) is 90.7 cm³/mol. The molecule has 0 unspecified atom stereocenters. The van der Waals surface area contributed by atoms with Crippen molar-refractivity contribution < 1.29 is 4.79 Å².